The largest absolute Gasteiger partial charge is 0.387 e. The van der Waals surface area contributed by atoms with Gasteiger partial charge >= 0.3 is 0 Å². The van der Waals surface area contributed by atoms with Gasteiger partial charge in [-0.05, 0) is 40.9 Å². The summed E-state index contributed by atoms with van der Waals surface area (Å²) in [6.07, 6.45) is 1.64. The summed E-state index contributed by atoms with van der Waals surface area (Å²) in [7, 11) is 0. The van der Waals surface area contributed by atoms with Gasteiger partial charge in [0.05, 0.1) is 11.6 Å². The molecule has 0 amide bonds. The Morgan fingerprint density at radius 3 is 3.13 bits per heavy atom. The zero-order valence-corrected chi connectivity index (χ0v) is 9.87. The van der Waals surface area contributed by atoms with Crippen LogP contribution >= 0.6 is 15.9 Å². The molecule has 1 unspecified atom stereocenters. The van der Waals surface area contributed by atoms with Gasteiger partial charge in [0.1, 0.15) is 0 Å². The summed E-state index contributed by atoms with van der Waals surface area (Å²) in [6, 6.07) is 8.28. The average molecular weight is 266 g/mol. The minimum atomic E-state index is -0.293. The van der Waals surface area contributed by atoms with Gasteiger partial charge in [0, 0.05) is 22.1 Å². The van der Waals surface area contributed by atoms with Crippen LogP contribution in [0.25, 0.3) is 10.9 Å². The third-order valence-corrected chi connectivity index (χ3v) is 3.74. The van der Waals surface area contributed by atoms with Crippen LogP contribution in [0.5, 0.6) is 0 Å². The number of aliphatic hydroxyl groups is 1. The van der Waals surface area contributed by atoms with Gasteiger partial charge in [-0.25, -0.2) is 0 Å². The van der Waals surface area contributed by atoms with E-state index in [4.69, 9.17) is 0 Å². The number of halogens is 1. The molecule has 1 atom stereocenters. The van der Waals surface area contributed by atoms with Gasteiger partial charge in [-0.15, -0.1) is 0 Å². The first-order chi connectivity index (χ1) is 7.27. The lowest BCUT2D eigenvalue weighted by molar-refractivity contribution is 0.140. The summed E-state index contributed by atoms with van der Waals surface area (Å²) in [4.78, 5) is 0. The minimum Gasteiger partial charge on any atom is -0.387 e. The van der Waals surface area contributed by atoms with Crippen molar-refractivity contribution in [2.75, 3.05) is 0 Å². The van der Waals surface area contributed by atoms with Crippen LogP contribution in [0.3, 0.4) is 0 Å². The van der Waals surface area contributed by atoms with Crippen LogP contribution in [0.4, 0.5) is 0 Å². The van der Waals surface area contributed by atoms with E-state index in [0.717, 1.165) is 29.6 Å². The molecule has 1 aromatic carbocycles. The second-order valence-electron chi connectivity index (χ2n) is 4.06. The summed E-state index contributed by atoms with van der Waals surface area (Å²) in [5.74, 6) is 0. The molecule has 15 heavy (non-hydrogen) atoms. The molecule has 0 spiro atoms. The summed E-state index contributed by atoms with van der Waals surface area (Å²) >= 11 is 3.57. The lowest BCUT2D eigenvalue weighted by Crippen LogP contribution is -2.14. The van der Waals surface area contributed by atoms with Gasteiger partial charge in [0.25, 0.3) is 0 Å². The highest BCUT2D eigenvalue weighted by atomic mass is 79.9. The topological polar surface area (TPSA) is 25.2 Å². The van der Waals surface area contributed by atoms with Crippen molar-refractivity contribution in [3.63, 3.8) is 0 Å². The van der Waals surface area contributed by atoms with Crippen LogP contribution in [-0.2, 0) is 6.54 Å². The highest BCUT2D eigenvalue weighted by molar-refractivity contribution is 9.10. The van der Waals surface area contributed by atoms with Gasteiger partial charge in [-0.2, -0.15) is 0 Å². The number of hydrogen-bond donors (Lipinski definition) is 1. The molecule has 1 N–H and O–H groups in total. The lowest BCUT2D eigenvalue weighted by atomic mass is 10.1. The second-order valence-corrected chi connectivity index (χ2v) is 4.91. The Balaban J connectivity index is 2.36. The molecule has 3 heteroatoms. The number of para-hydroxylation sites is 1. The van der Waals surface area contributed by atoms with E-state index in [1.807, 2.05) is 6.07 Å². The average Bonchev–Trinajstić information content (AvgIpc) is 2.59. The number of nitrogens with zero attached hydrogens (tertiary/aromatic N) is 1. The van der Waals surface area contributed by atoms with Crippen LogP contribution in [0.2, 0.25) is 0 Å². The summed E-state index contributed by atoms with van der Waals surface area (Å²) < 4.78 is 3.34. The maximum Gasteiger partial charge on any atom is 0.0940 e. The van der Waals surface area contributed by atoms with Crippen LogP contribution in [0.15, 0.2) is 28.7 Å². The molecule has 0 saturated carbocycles. The zero-order chi connectivity index (χ0) is 10.4. The van der Waals surface area contributed by atoms with Crippen LogP contribution < -0.4 is 0 Å². The van der Waals surface area contributed by atoms with Gasteiger partial charge in [0.2, 0.25) is 0 Å². The van der Waals surface area contributed by atoms with E-state index < -0.39 is 0 Å². The predicted octanol–water partition coefficient (Wildman–Crippen LogP) is 3.23. The van der Waals surface area contributed by atoms with E-state index in [-0.39, 0.29) is 6.10 Å². The Labute approximate surface area is 96.6 Å². The Morgan fingerprint density at radius 1 is 1.40 bits per heavy atom. The highest BCUT2D eigenvalue weighted by Crippen LogP contribution is 2.34. The molecular weight excluding hydrogens is 254 g/mol. The van der Waals surface area contributed by atoms with E-state index in [0.29, 0.717) is 0 Å². The molecule has 0 radical (unpaired) electrons. The third kappa shape index (κ3) is 1.34. The Morgan fingerprint density at radius 2 is 2.27 bits per heavy atom. The maximum absolute atomic E-state index is 9.92. The molecule has 2 heterocycles. The van der Waals surface area contributed by atoms with Crippen molar-refractivity contribution in [1.82, 2.24) is 4.57 Å². The molecule has 3 rings (SSSR count). The van der Waals surface area contributed by atoms with Crippen LogP contribution in [0.1, 0.15) is 24.6 Å². The number of benzene rings is 1. The summed E-state index contributed by atoms with van der Waals surface area (Å²) in [5, 5.41) is 11.1. The molecule has 1 aliphatic heterocycles. The number of aryl methyl sites for hydroxylation is 1. The monoisotopic (exact) mass is 265 g/mol. The Bertz CT molecular complexity index is 518. The minimum absolute atomic E-state index is 0.293. The molecule has 2 aromatic rings. The molecular formula is C12H12BrNO. The number of aromatic nitrogens is 1. The van der Waals surface area contributed by atoms with Crippen LogP contribution in [-0.4, -0.2) is 9.67 Å². The third-order valence-electron chi connectivity index (χ3n) is 3.10. The number of rotatable bonds is 0. The predicted molar refractivity (Wildman–Crippen MR) is 63.8 cm³/mol. The van der Waals surface area contributed by atoms with E-state index in [1.165, 1.54) is 10.9 Å². The molecule has 78 valence electrons. The van der Waals surface area contributed by atoms with E-state index in [9.17, 15) is 5.11 Å². The molecule has 0 bridgehead atoms. The maximum atomic E-state index is 9.92. The van der Waals surface area contributed by atoms with E-state index in [1.54, 1.807) is 0 Å². The molecule has 1 aromatic heterocycles. The first-order valence-corrected chi connectivity index (χ1v) is 6.02. The van der Waals surface area contributed by atoms with E-state index in [2.05, 4.69) is 38.7 Å². The number of fused-ring (bicyclic) bond motifs is 3. The van der Waals surface area contributed by atoms with Crippen molar-refractivity contribution >= 4 is 26.8 Å². The van der Waals surface area contributed by atoms with Crippen molar-refractivity contribution in [2.24, 2.45) is 0 Å². The molecule has 0 fully saturated rings. The van der Waals surface area contributed by atoms with Crippen LogP contribution in [0, 0.1) is 0 Å². The normalized spacial score (nSPS) is 20.5. The lowest BCUT2D eigenvalue weighted by Gasteiger charge is -2.21. The molecule has 0 aliphatic carbocycles. The summed E-state index contributed by atoms with van der Waals surface area (Å²) in [5.41, 5.74) is 2.27. The zero-order valence-electron chi connectivity index (χ0n) is 8.28. The standard InChI is InChI=1S/C12H12BrNO/c13-9-4-1-3-8-7-10-11(15)5-2-6-14(10)12(8)9/h1,3-4,7,11,15H,2,5-6H2. The smallest absolute Gasteiger partial charge is 0.0940 e. The fraction of sp³-hybridized carbons (Fsp3) is 0.333. The van der Waals surface area contributed by atoms with Gasteiger partial charge < -0.3 is 9.67 Å². The quantitative estimate of drug-likeness (QED) is 0.778. The molecule has 2 nitrogen and oxygen atoms in total. The first-order valence-electron chi connectivity index (χ1n) is 5.23. The van der Waals surface area contributed by atoms with Crippen molar-refractivity contribution in [3.8, 4) is 0 Å². The van der Waals surface area contributed by atoms with Crippen molar-refractivity contribution in [1.29, 1.82) is 0 Å². The van der Waals surface area contributed by atoms with Crippen molar-refractivity contribution in [2.45, 2.75) is 25.5 Å². The van der Waals surface area contributed by atoms with Crippen molar-refractivity contribution in [3.05, 3.63) is 34.4 Å². The Kier molecular flexibility index (Phi) is 2.11. The highest BCUT2D eigenvalue weighted by Gasteiger charge is 2.21. The van der Waals surface area contributed by atoms with Gasteiger partial charge in [-0.1, -0.05) is 12.1 Å². The Hall–Kier alpha value is -0.800. The molecule has 0 saturated heterocycles. The SMILES string of the molecule is OC1CCCn2c1cc1cccc(Br)c12. The fourth-order valence-corrected chi connectivity index (χ4v) is 3.00. The van der Waals surface area contributed by atoms with Gasteiger partial charge in [0.15, 0.2) is 0 Å². The fourth-order valence-electron chi connectivity index (χ4n) is 2.41. The van der Waals surface area contributed by atoms with Crippen molar-refractivity contribution < 1.29 is 5.11 Å². The summed E-state index contributed by atoms with van der Waals surface area (Å²) in [6.45, 7) is 1.01. The first kappa shape index (κ1) is 9.43. The number of hydrogen-bond acceptors (Lipinski definition) is 1. The number of aliphatic hydroxyl groups excluding tert-OH is 1. The molecule has 1 aliphatic rings. The van der Waals surface area contributed by atoms with E-state index >= 15 is 0 Å². The van der Waals surface area contributed by atoms with Gasteiger partial charge in [-0.3, -0.25) is 0 Å². The second kappa shape index (κ2) is 3.35.